The largest absolute Gasteiger partial charge is 0.478 e. The molecule has 0 spiro atoms. The standard InChI is InChI=1S/C18H26FN3O3/c1-2-15(25-16-8-4-3-7-14(16)19)18(24)22-11-5-6-13(12-22)17(23)21-10-9-20/h3-4,7-8,13,15H,2,5-6,9-12,20H2,1H3,(H,21,23). The Morgan fingerprint density at radius 2 is 2.20 bits per heavy atom. The summed E-state index contributed by atoms with van der Waals surface area (Å²) in [6, 6.07) is 6.03. The van der Waals surface area contributed by atoms with Gasteiger partial charge in [0.05, 0.1) is 5.92 Å². The van der Waals surface area contributed by atoms with E-state index in [4.69, 9.17) is 10.5 Å². The monoisotopic (exact) mass is 351 g/mol. The van der Waals surface area contributed by atoms with Crippen molar-refractivity contribution in [2.45, 2.75) is 32.3 Å². The topological polar surface area (TPSA) is 84.7 Å². The smallest absolute Gasteiger partial charge is 0.263 e. The molecular formula is C18H26FN3O3. The van der Waals surface area contributed by atoms with Crippen molar-refractivity contribution in [3.05, 3.63) is 30.1 Å². The molecule has 25 heavy (non-hydrogen) atoms. The van der Waals surface area contributed by atoms with Crippen LogP contribution in [-0.4, -0.2) is 49.0 Å². The molecule has 6 nitrogen and oxygen atoms in total. The summed E-state index contributed by atoms with van der Waals surface area (Å²) in [5, 5.41) is 2.77. The second kappa shape index (κ2) is 9.36. The highest BCUT2D eigenvalue weighted by Crippen LogP contribution is 2.22. The number of benzene rings is 1. The van der Waals surface area contributed by atoms with Gasteiger partial charge in [-0.2, -0.15) is 0 Å². The van der Waals surface area contributed by atoms with E-state index in [2.05, 4.69) is 5.32 Å². The first kappa shape index (κ1) is 19.2. The molecule has 0 aromatic heterocycles. The van der Waals surface area contributed by atoms with Gasteiger partial charge in [-0.25, -0.2) is 4.39 Å². The van der Waals surface area contributed by atoms with E-state index in [0.717, 1.165) is 12.8 Å². The first-order valence-electron chi connectivity index (χ1n) is 8.74. The molecule has 1 aromatic rings. The summed E-state index contributed by atoms with van der Waals surface area (Å²) in [6.07, 6.45) is 1.16. The highest BCUT2D eigenvalue weighted by Gasteiger charge is 2.32. The van der Waals surface area contributed by atoms with Crippen LogP contribution < -0.4 is 15.8 Å². The van der Waals surface area contributed by atoms with Crippen LogP contribution in [0.1, 0.15) is 26.2 Å². The minimum Gasteiger partial charge on any atom is -0.478 e. The van der Waals surface area contributed by atoms with E-state index in [0.29, 0.717) is 32.6 Å². The van der Waals surface area contributed by atoms with E-state index in [-0.39, 0.29) is 23.5 Å². The number of nitrogens with one attached hydrogen (secondary N) is 1. The number of para-hydroxylation sites is 1. The Bertz CT molecular complexity index is 597. The molecular weight excluding hydrogens is 325 g/mol. The maximum Gasteiger partial charge on any atom is 0.263 e. The number of amides is 2. The molecule has 1 saturated heterocycles. The van der Waals surface area contributed by atoms with Crippen molar-refractivity contribution < 1.29 is 18.7 Å². The van der Waals surface area contributed by atoms with E-state index >= 15 is 0 Å². The second-order valence-corrected chi connectivity index (χ2v) is 6.15. The Kier molecular flexibility index (Phi) is 7.18. The molecule has 2 unspecified atom stereocenters. The summed E-state index contributed by atoms with van der Waals surface area (Å²) in [5.74, 6) is -0.952. The van der Waals surface area contributed by atoms with Crippen LogP contribution in [0.3, 0.4) is 0 Å². The van der Waals surface area contributed by atoms with Gasteiger partial charge in [-0.3, -0.25) is 9.59 Å². The van der Waals surface area contributed by atoms with Crippen molar-refractivity contribution in [3.63, 3.8) is 0 Å². The number of rotatable bonds is 7. The lowest BCUT2D eigenvalue weighted by molar-refractivity contribution is -0.142. The quantitative estimate of drug-likeness (QED) is 0.775. The highest BCUT2D eigenvalue weighted by molar-refractivity contribution is 5.83. The number of ether oxygens (including phenoxy) is 1. The van der Waals surface area contributed by atoms with Gasteiger partial charge in [0, 0.05) is 26.2 Å². The number of piperidine rings is 1. The van der Waals surface area contributed by atoms with Crippen molar-refractivity contribution in [2.24, 2.45) is 11.7 Å². The van der Waals surface area contributed by atoms with Gasteiger partial charge in [-0.1, -0.05) is 19.1 Å². The molecule has 0 aliphatic carbocycles. The molecule has 2 rings (SSSR count). The van der Waals surface area contributed by atoms with Crippen LogP contribution in [0, 0.1) is 11.7 Å². The lowest BCUT2D eigenvalue weighted by atomic mass is 9.96. The fourth-order valence-electron chi connectivity index (χ4n) is 2.94. The molecule has 1 aliphatic rings. The summed E-state index contributed by atoms with van der Waals surface area (Å²) in [5.41, 5.74) is 5.40. The SMILES string of the molecule is CCC(Oc1ccccc1F)C(=O)N1CCCC(C(=O)NCCN)C1. The van der Waals surface area contributed by atoms with E-state index < -0.39 is 11.9 Å². The summed E-state index contributed by atoms with van der Waals surface area (Å²) >= 11 is 0. The highest BCUT2D eigenvalue weighted by atomic mass is 19.1. The van der Waals surface area contributed by atoms with Crippen LogP contribution in [0.4, 0.5) is 4.39 Å². The minimum absolute atomic E-state index is 0.0666. The van der Waals surface area contributed by atoms with Crippen molar-refractivity contribution in [3.8, 4) is 5.75 Å². The zero-order chi connectivity index (χ0) is 18.2. The van der Waals surface area contributed by atoms with Gasteiger partial charge in [-0.05, 0) is 31.4 Å². The fourth-order valence-corrected chi connectivity index (χ4v) is 2.94. The molecule has 2 atom stereocenters. The van der Waals surface area contributed by atoms with Gasteiger partial charge >= 0.3 is 0 Å². The Morgan fingerprint density at radius 3 is 2.88 bits per heavy atom. The van der Waals surface area contributed by atoms with Gasteiger partial charge in [0.25, 0.3) is 5.91 Å². The molecule has 1 aliphatic heterocycles. The first-order chi connectivity index (χ1) is 12.1. The molecule has 1 heterocycles. The summed E-state index contributed by atoms with van der Waals surface area (Å²) in [4.78, 5) is 26.5. The van der Waals surface area contributed by atoms with E-state index in [1.165, 1.54) is 12.1 Å². The van der Waals surface area contributed by atoms with Gasteiger partial charge in [0.1, 0.15) is 0 Å². The van der Waals surface area contributed by atoms with Crippen molar-refractivity contribution in [1.82, 2.24) is 10.2 Å². The van der Waals surface area contributed by atoms with Gasteiger partial charge in [0.15, 0.2) is 17.7 Å². The third-order valence-electron chi connectivity index (χ3n) is 4.30. The van der Waals surface area contributed by atoms with Crippen LogP contribution in [0.2, 0.25) is 0 Å². The number of likely N-dealkylation sites (tertiary alicyclic amines) is 1. The Labute approximate surface area is 147 Å². The minimum atomic E-state index is -0.761. The average Bonchev–Trinajstić information content (AvgIpc) is 2.65. The third-order valence-corrected chi connectivity index (χ3v) is 4.30. The molecule has 0 radical (unpaired) electrons. The predicted octanol–water partition coefficient (Wildman–Crippen LogP) is 1.30. The molecule has 0 bridgehead atoms. The zero-order valence-electron chi connectivity index (χ0n) is 14.5. The molecule has 7 heteroatoms. The Balaban J connectivity index is 1.99. The average molecular weight is 351 g/mol. The summed E-state index contributed by atoms with van der Waals surface area (Å²) < 4.78 is 19.4. The number of nitrogens with zero attached hydrogens (tertiary/aromatic N) is 1. The fraction of sp³-hybridized carbons (Fsp3) is 0.556. The van der Waals surface area contributed by atoms with E-state index in [1.54, 1.807) is 17.0 Å². The van der Waals surface area contributed by atoms with Crippen LogP contribution >= 0.6 is 0 Å². The molecule has 3 N–H and O–H groups in total. The lowest BCUT2D eigenvalue weighted by Gasteiger charge is -2.34. The van der Waals surface area contributed by atoms with Crippen molar-refractivity contribution in [2.75, 3.05) is 26.2 Å². The number of carbonyl (C=O) groups is 2. The number of carbonyl (C=O) groups excluding carboxylic acids is 2. The Hall–Kier alpha value is -2.15. The van der Waals surface area contributed by atoms with Crippen LogP contribution in [0.25, 0.3) is 0 Å². The predicted molar refractivity (Wildman–Crippen MR) is 92.5 cm³/mol. The zero-order valence-corrected chi connectivity index (χ0v) is 14.5. The second-order valence-electron chi connectivity index (χ2n) is 6.15. The van der Waals surface area contributed by atoms with Gasteiger partial charge in [0.2, 0.25) is 5.91 Å². The lowest BCUT2D eigenvalue weighted by Crippen LogP contribution is -2.50. The van der Waals surface area contributed by atoms with E-state index in [9.17, 15) is 14.0 Å². The van der Waals surface area contributed by atoms with E-state index in [1.807, 2.05) is 6.92 Å². The number of nitrogens with two attached hydrogens (primary N) is 1. The number of halogens is 1. The number of hydrogen-bond acceptors (Lipinski definition) is 4. The maximum absolute atomic E-state index is 13.8. The van der Waals surface area contributed by atoms with Crippen LogP contribution in [0.15, 0.2) is 24.3 Å². The normalized spacial score (nSPS) is 18.5. The number of hydrogen-bond donors (Lipinski definition) is 2. The van der Waals surface area contributed by atoms with Crippen molar-refractivity contribution in [1.29, 1.82) is 0 Å². The Morgan fingerprint density at radius 1 is 1.44 bits per heavy atom. The van der Waals surface area contributed by atoms with Crippen molar-refractivity contribution >= 4 is 11.8 Å². The third kappa shape index (κ3) is 5.16. The van der Waals surface area contributed by atoms with Gasteiger partial charge in [-0.15, -0.1) is 0 Å². The first-order valence-corrected chi connectivity index (χ1v) is 8.74. The molecule has 1 fully saturated rings. The summed E-state index contributed by atoms with van der Waals surface area (Å²) in [6.45, 7) is 3.56. The molecule has 138 valence electrons. The molecule has 2 amide bonds. The van der Waals surface area contributed by atoms with Crippen LogP contribution in [0.5, 0.6) is 5.75 Å². The van der Waals surface area contributed by atoms with Gasteiger partial charge < -0.3 is 20.7 Å². The van der Waals surface area contributed by atoms with Crippen LogP contribution in [-0.2, 0) is 9.59 Å². The molecule has 1 aromatic carbocycles. The molecule has 0 saturated carbocycles. The maximum atomic E-state index is 13.8. The summed E-state index contributed by atoms with van der Waals surface area (Å²) in [7, 11) is 0.